The molecule has 27 heavy (non-hydrogen) atoms. The molecule has 1 N–H and O–H groups in total. The number of hydrogen-bond donors (Lipinski definition) is 1. The van der Waals surface area contributed by atoms with E-state index in [1.807, 2.05) is 24.1 Å². The maximum absolute atomic E-state index is 12.9. The number of anilines is 1. The zero-order valence-electron chi connectivity index (χ0n) is 15.2. The Balaban J connectivity index is 1.38. The van der Waals surface area contributed by atoms with E-state index in [4.69, 9.17) is 4.63 Å². The first-order valence-electron chi connectivity index (χ1n) is 9.22. The molecule has 9 heteroatoms. The van der Waals surface area contributed by atoms with E-state index in [1.54, 1.807) is 6.33 Å². The van der Waals surface area contributed by atoms with Crippen molar-refractivity contribution in [3.8, 4) is 0 Å². The molecule has 1 aliphatic heterocycles. The van der Waals surface area contributed by atoms with Gasteiger partial charge in [0.1, 0.15) is 29.2 Å². The maximum Gasteiger partial charge on any atom is 0.228 e. The van der Waals surface area contributed by atoms with Crippen LogP contribution in [0.4, 0.5) is 5.82 Å². The fraction of sp³-hybridized carbons (Fsp3) is 0.500. The van der Waals surface area contributed by atoms with Gasteiger partial charge in [0.15, 0.2) is 0 Å². The minimum Gasteiger partial charge on any atom is -0.354 e. The molecule has 2 aliphatic rings. The number of fused-ring (bicyclic) bond motifs is 1. The lowest BCUT2D eigenvalue weighted by atomic mass is 10.1. The Morgan fingerprint density at radius 1 is 1.26 bits per heavy atom. The molecule has 0 unspecified atom stereocenters. The molecule has 0 radical (unpaired) electrons. The molecule has 1 aliphatic carbocycles. The van der Waals surface area contributed by atoms with Gasteiger partial charge in [-0.3, -0.25) is 4.79 Å². The second-order valence-corrected chi connectivity index (χ2v) is 7.65. The Morgan fingerprint density at radius 2 is 2.15 bits per heavy atom. The molecule has 5 rings (SSSR count). The molecule has 1 spiro atoms. The first-order chi connectivity index (χ1) is 13.1. The normalized spacial score (nSPS) is 18.9. The van der Waals surface area contributed by atoms with Crippen molar-refractivity contribution in [2.45, 2.75) is 26.2 Å². The number of hydrogen-bond acceptors (Lipinski definition) is 7. The fourth-order valence-corrected chi connectivity index (χ4v) is 3.92. The van der Waals surface area contributed by atoms with E-state index < -0.39 is 0 Å². The molecule has 3 aromatic rings. The highest BCUT2D eigenvalue weighted by atomic mass is 16.6. The van der Waals surface area contributed by atoms with Gasteiger partial charge in [-0.05, 0) is 25.8 Å². The van der Waals surface area contributed by atoms with E-state index in [9.17, 15) is 4.79 Å². The van der Waals surface area contributed by atoms with E-state index in [1.165, 1.54) is 0 Å². The molecule has 1 amide bonds. The molecule has 3 aromatic heterocycles. The maximum atomic E-state index is 12.9. The smallest absolute Gasteiger partial charge is 0.228 e. The lowest BCUT2D eigenvalue weighted by Gasteiger charge is -2.25. The van der Waals surface area contributed by atoms with E-state index in [-0.39, 0.29) is 17.7 Å². The molecule has 1 saturated carbocycles. The summed E-state index contributed by atoms with van der Waals surface area (Å²) >= 11 is 0. The van der Waals surface area contributed by atoms with Crippen LogP contribution >= 0.6 is 0 Å². The van der Waals surface area contributed by atoms with Crippen LogP contribution in [0.5, 0.6) is 0 Å². The lowest BCUT2D eigenvalue weighted by molar-refractivity contribution is -0.131. The van der Waals surface area contributed by atoms with Gasteiger partial charge in [-0.15, -0.1) is 0 Å². The highest BCUT2D eigenvalue weighted by Gasteiger charge is 2.48. The van der Waals surface area contributed by atoms with E-state index in [0.717, 1.165) is 49.3 Å². The standard InChI is InChI=1S/C18H21N7O2/c1-12-14(23-27-22-12)8-15(26)24-6-7-25(10-18(9-24)3-4-18)17-13-2-5-19-16(13)20-11-21-17/h2,5,11H,3-4,6-10H2,1H3,(H,19,20,21). The number of amides is 1. The topological polar surface area (TPSA) is 104 Å². The average molecular weight is 367 g/mol. The summed E-state index contributed by atoms with van der Waals surface area (Å²) in [6.07, 6.45) is 6.00. The van der Waals surface area contributed by atoms with Crippen molar-refractivity contribution in [3.63, 3.8) is 0 Å². The summed E-state index contributed by atoms with van der Waals surface area (Å²) < 4.78 is 4.72. The van der Waals surface area contributed by atoms with Crippen molar-refractivity contribution < 1.29 is 9.42 Å². The van der Waals surface area contributed by atoms with Crippen molar-refractivity contribution in [3.05, 3.63) is 30.0 Å². The molecule has 140 valence electrons. The van der Waals surface area contributed by atoms with Gasteiger partial charge < -0.3 is 14.8 Å². The van der Waals surface area contributed by atoms with Crippen molar-refractivity contribution in [1.82, 2.24) is 30.2 Å². The third-order valence-corrected chi connectivity index (χ3v) is 5.70. The number of aryl methyl sites for hydroxylation is 1. The number of H-pyrrole nitrogens is 1. The molecule has 9 nitrogen and oxygen atoms in total. The van der Waals surface area contributed by atoms with Crippen LogP contribution in [0.25, 0.3) is 11.0 Å². The minimum atomic E-state index is 0.0800. The SMILES string of the molecule is Cc1nonc1CC(=O)N1CCN(c2ncnc3[nH]ccc23)CC2(CC2)C1. The van der Waals surface area contributed by atoms with Gasteiger partial charge in [0.05, 0.1) is 11.8 Å². The van der Waals surface area contributed by atoms with Crippen LogP contribution in [-0.2, 0) is 11.2 Å². The number of rotatable bonds is 3. The van der Waals surface area contributed by atoms with Crippen molar-refractivity contribution in [1.29, 1.82) is 0 Å². The van der Waals surface area contributed by atoms with Crippen molar-refractivity contribution in [2.24, 2.45) is 5.41 Å². The highest BCUT2D eigenvalue weighted by Crippen LogP contribution is 2.48. The quantitative estimate of drug-likeness (QED) is 0.744. The average Bonchev–Trinajstić information content (AvgIpc) is 3.11. The minimum absolute atomic E-state index is 0.0800. The van der Waals surface area contributed by atoms with Crippen LogP contribution in [0.1, 0.15) is 24.2 Å². The van der Waals surface area contributed by atoms with Gasteiger partial charge in [-0.25, -0.2) is 14.6 Å². The summed E-state index contributed by atoms with van der Waals surface area (Å²) in [6.45, 7) is 4.93. The number of nitrogens with zero attached hydrogens (tertiary/aromatic N) is 6. The number of carbonyl (C=O) groups excluding carboxylic acids is 1. The summed E-state index contributed by atoms with van der Waals surface area (Å²) in [6, 6.07) is 2.01. The molecule has 0 aromatic carbocycles. The molecule has 0 bridgehead atoms. The summed E-state index contributed by atoms with van der Waals surface area (Å²) in [4.78, 5) is 29.1. The van der Waals surface area contributed by atoms with Gasteiger partial charge >= 0.3 is 0 Å². The number of carbonyl (C=O) groups is 1. The molecular weight excluding hydrogens is 346 g/mol. The Morgan fingerprint density at radius 3 is 2.93 bits per heavy atom. The third-order valence-electron chi connectivity index (χ3n) is 5.70. The van der Waals surface area contributed by atoms with Crippen LogP contribution in [0.15, 0.2) is 23.2 Å². The number of aromatic nitrogens is 5. The van der Waals surface area contributed by atoms with Gasteiger partial charge in [-0.2, -0.15) is 0 Å². The molecule has 1 saturated heterocycles. The second-order valence-electron chi connectivity index (χ2n) is 7.65. The second kappa shape index (κ2) is 6.04. The third kappa shape index (κ3) is 2.92. The van der Waals surface area contributed by atoms with Crippen LogP contribution < -0.4 is 4.90 Å². The Bertz CT molecular complexity index is 990. The van der Waals surface area contributed by atoms with Crippen molar-refractivity contribution in [2.75, 3.05) is 31.1 Å². The number of nitrogens with one attached hydrogen (secondary N) is 1. The summed E-state index contributed by atoms with van der Waals surface area (Å²) in [5.74, 6) is 1.02. The van der Waals surface area contributed by atoms with E-state index in [0.29, 0.717) is 17.9 Å². The molecule has 0 atom stereocenters. The first-order valence-corrected chi connectivity index (χ1v) is 9.22. The van der Waals surface area contributed by atoms with E-state index in [2.05, 4.69) is 30.2 Å². The Labute approximate surface area is 155 Å². The van der Waals surface area contributed by atoms with Crippen molar-refractivity contribution >= 4 is 22.8 Å². The predicted molar refractivity (Wildman–Crippen MR) is 97.1 cm³/mol. The summed E-state index contributed by atoms with van der Waals surface area (Å²) in [5, 5.41) is 8.65. The Kier molecular flexibility index (Phi) is 3.63. The number of aromatic amines is 1. The lowest BCUT2D eigenvalue weighted by Crippen LogP contribution is -2.37. The van der Waals surface area contributed by atoms with Gasteiger partial charge in [0.25, 0.3) is 0 Å². The zero-order chi connectivity index (χ0) is 18.4. The first kappa shape index (κ1) is 16.2. The van der Waals surface area contributed by atoms with Crippen LogP contribution in [0.3, 0.4) is 0 Å². The molecular formula is C18H21N7O2. The summed E-state index contributed by atoms with van der Waals surface area (Å²) in [5.41, 5.74) is 2.31. The fourth-order valence-electron chi connectivity index (χ4n) is 3.92. The van der Waals surface area contributed by atoms with Gasteiger partial charge in [0.2, 0.25) is 5.91 Å². The van der Waals surface area contributed by atoms with Gasteiger partial charge in [-0.1, -0.05) is 10.3 Å². The Hall–Kier alpha value is -2.97. The van der Waals surface area contributed by atoms with Crippen LogP contribution in [0.2, 0.25) is 0 Å². The van der Waals surface area contributed by atoms with E-state index >= 15 is 0 Å². The largest absolute Gasteiger partial charge is 0.354 e. The van der Waals surface area contributed by atoms with Crippen LogP contribution in [-0.4, -0.2) is 62.3 Å². The highest BCUT2D eigenvalue weighted by molar-refractivity contribution is 5.87. The molecule has 2 fully saturated rings. The predicted octanol–water partition coefficient (Wildman–Crippen LogP) is 1.32. The zero-order valence-corrected chi connectivity index (χ0v) is 15.2. The molecule has 4 heterocycles. The summed E-state index contributed by atoms with van der Waals surface area (Å²) in [7, 11) is 0. The van der Waals surface area contributed by atoms with Crippen LogP contribution in [0, 0.1) is 12.3 Å². The monoisotopic (exact) mass is 367 g/mol. The van der Waals surface area contributed by atoms with Gasteiger partial charge in [0, 0.05) is 37.8 Å².